The fraction of sp³-hybridized carbons (Fsp3) is 0.111. The first-order valence-corrected chi connectivity index (χ1v) is 11.5. The number of rotatable bonds is 7. The topological polar surface area (TPSA) is 30.7 Å². The van der Waals surface area contributed by atoms with Crippen molar-refractivity contribution in [1.82, 2.24) is 15.0 Å². The van der Waals surface area contributed by atoms with Gasteiger partial charge >= 0.3 is 0 Å². The van der Waals surface area contributed by atoms with Crippen LogP contribution in [0.5, 0.6) is 0 Å². The molecule has 0 unspecified atom stereocenters. The minimum Gasteiger partial charge on any atom is -0.236 e. The Morgan fingerprint density at radius 3 is 1.94 bits per heavy atom. The lowest BCUT2D eigenvalue weighted by Gasteiger charge is -2.28. The highest BCUT2D eigenvalue weighted by atomic mass is 32.2. The van der Waals surface area contributed by atoms with E-state index in [0.29, 0.717) is 0 Å². The summed E-state index contributed by atoms with van der Waals surface area (Å²) < 4.78 is 2.10. The van der Waals surface area contributed by atoms with Crippen LogP contribution in [-0.4, -0.2) is 15.0 Å². The summed E-state index contributed by atoms with van der Waals surface area (Å²) >= 11 is 1.95. The van der Waals surface area contributed by atoms with Gasteiger partial charge in [0.15, 0.2) is 0 Å². The van der Waals surface area contributed by atoms with Crippen LogP contribution in [0, 0.1) is 0 Å². The maximum atomic E-state index is 4.63. The van der Waals surface area contributed by atoms with Gasteiger partial charge in [0.05, 0.1) is 16.8 Å². The summed E-state index contributed by atoms with van der Waals surface area (Å²) in [5.41, 5.74) is 5.81. The number of aromatic nitrogens is 3. The summed E-state index contributed by atoms with van der Waals surface area (Å²) in [6, 6.07) is 40.3. The molecule has 0 amide bonds. The van der Waals surface area contributed by atoms with Gasteiger partial charge in [0.1, 0.15) is 5.52 Å². The molecule has 4 aromatic carbocycles. The monoisotopic (exact) mass is 421 g/mol. The average Bonchev–Trinajstić information content (AvgIpc) is 3.27. The van der Waals surface area contributed by atoms with Crippen LogP contribution in [0.3, 0.4) is 0 Å². The Kier molecular flexibility index (Phi) is 5.81. The van der Waals surface area contributed by atoms with Gasteiger partial charge in [-0.1, -0.05) is 108 Å². The number of hydrogen-bond donors (Lipinski definition) is 0. The van der Waals surface area contributed by atoms with Gasteiger partial charge in [-0.25, -0.2) is 4.68 Å². The summed E-state index contributed by atoms with van der Waals surface area (Å²) in [6.07, 6.45) is 0. The number of thioether (sulfide) groups is 1. The van der Waals surface area contributed by atoms with Gasteiger partial charge in [-0.05, 0) is 28.8 Å². The second-order valence-corrected chi connectivity index (χ2v) is 8.64. The van der Waals surface area contributed by atoms with Crippen molar-refractivity contribution in [2.45, 2.75) is 17.0 Å². The first-order chi connectivity index (χ1) is 15.4. The summed E-state index contributed by atoms with van der Waals surface area (Å²) in [6.45, 7) is 0. The van der Waals surface area contributed by atoms with Gasteiger partial charge in [0.25, 0.3) is 0 Å². The van der Waals surface area contributed by atoms with Gasteiger partial charge in [-0.3, -0.25) is 0 Å². The molecule has 0 bridgehead atoms. The van der Waals surface area contributed by atoms with Crippen LogP contribution in [0.1, 0.15) is 28.0 Å². The third-order valence-corrected chi connectivity index (χ3v) is 6.86. The fourth-order valence-electron chi connectivity index (χ4n) is 3.96. The van der Waals surface area contributed by atoms with Crippen molar-refractivity contribution in [3.63, 3.8) is 0 Å². The van der Waals surface area contributed by atoms with Gasteiger partial charge in [-0.2, -0.15) is 0 Å². The molecular weight excluding hydrogens is 398 g/mol. The molecule has 31 heavy (non-hydrogen) atoms. The number of para-hydroxylation sites is 1. The highest BCUT2D eigenvalue weighted by molar-refractivity contribution is 7.98. The summed E-state index contributed by atoms with van der Waals surface area (Å²) in [4.78, 5) is 0. The largest absolute Gasteiger partial charge is 0.236 e. The summed E-state index contributed by atoms with van der Waals surface area (Å²) in [5.74, 6) is 0.927. The highest BCUT2D eigenvalue weighted by Gasteiger charge is 2.29. The number of nitrogens with zero attached hydrogens (tertiary/aromatic N) is 3. The molecule has 5 rings (SSSR count). The maximum absolute atomic E-state index is 4.63. The standard InChI is InChI=1S/C27H23N3S/c1-4-12-21(13-5-1)20-31-27(23-16-8-3-9-17-23)26(22-14-6-2-7-15-22)30-25-19-11-10-18-24(25)28-29-30/h1-19,26-27H,20H2/t26-,27-/m0/s1. The van der Waals surface area contributed by atoms with Crippen LogP contribution in [0.4, 0.5) is 0 Å². The number of fused-ring (bicyclic) bond motifs is 1. The molecule has 5 aromatic rings. The van der Waals surface area contributed by atoms with E-state index in [-0.39, 0.29) is 11.3 Å². The predicted molar refractivity (Wildman–Crippen MR) is 129 cm³/mol. The van der Waals surface area contributed by atoms with E-state index in [1.807, 2.05) is 23.9 Å². The van der Waals surface area contributed by atoms with Crippen molar-refractivity contribution in [3.05, 3.63) is 132 Å². The second kappa shape index (κ2) is 9.19. The molecule has 0 aliphatic carbocycles. The van der Waals surface area contributed by atoms with E-state index in [1.54, 1.807) is 0 Å². The Morgan fingerprint density at radius 1 is 0.645 bits per heavy atom. The zero-order valence-electron chi connectivity index (χ0n) is 17.1. The van der Waals surface area contributed by atoms with Gasteiger partial charge in [-0.15, -0.1) is 16.9 Å². The van der Waals surface area contributed by atoms with E-state index in [1.165, 1.54) is 16.7 Å². The Labute approximate surface area is 186 Å². The maximum Gasteiger partial charge on any atom is 0.113 e. The summed E-state index contributed by atoms with van der Waals surface area (Å²) in [5, 5.41) is 9.26. The molecule has 2 atom stereocenters. The van der Waals surface area contributed by atoms with E-state index in [2.05, 4.69) is 118 Å². The normalized spacial score (nSPS) is 13.2. The molecular formula is C27H23N3S. The van der Waals surface area contributed by atoms with Crippen LogP contribution in [0.15, 0.2) is 115 Å². The molecule has 0 N–H and O–H groups in total. The van der Waals surface area contributed by atoms with Crippen LogP contribution < -0.4 is 0 Å². The average molecular weight is 422 g/mol. The highest BCUT2D eigenvalue weighted by Crippen LogP contribution is 2.44. The second-order valence-electron chi connectivity index (χ2n) is 7.51. The smallest absolute Gasteiger partial charge is 0.113 e. The lowest BCUT2D eigenvalue weighted by atomic mass is 9.98. The Balaban J connectivity index is 1.63. The number of benzene rings is 4. The summed E-state index contributed by atoms with van der Waals surface area (Å²) in [7, 11) is 0. The predicted octanol–water partition coefficient (Wildman–Crippen LogP) is 6.70. The van der Waals surface area contributed by atoms with Crippen molar-refractivity contribution in [2.24, 2.45) is 0 Å². The minimum atomic E-state index is 0.0183. The van der Waals surface area contributed by atoms with Gasteiger partial charge in [0.2, 0.25) is 0 Å². The molecule has 3 nitrogen and oxygen atoms in total. The minimum absolute atomic E-state index is 0.0183. The van der Waals surface area contributed by atoms with Crippen molar-refractivity contribution in [2.75, 3.05) is 0 Å². The zero-order valence-corrected chi connectivity index (χ0v) is 17.9. The molecule has 0 fully saturated rings. The van der Waals surface area contributed by atoms with Gasteiger partial charge < -0.3 is 0 Å². The molecule has 1 heterocycles. The quantitative estimate of drug-likeness (QED) is 0.293. The third kappa shape index (κ3) is 4.25. The molecule has 0 radical (unpaired) electrons. The lowest BCUT2D eigenvalue weighted by Crippen LogP contribution is -2.19. The van der Waals surface area contributed by atoms with Crippen molar-refractivity contribution < 1.29 is 0 Å². The van der Waals surface area contributed by atoms with Crippen LogP contribution >= 0.6 is 11.8 Å². The van der Waals surface area contributed by atoms with E-state index in [0.717, 1.165) is 16.8 Å². The fourth-order valence-corrected chi connectivity index (χ4v) is 5.33. The molecule has 1 aromatic heterocycles. The van der Waals surface area contributed by atoms with E-state index >= 15 is 0 Å². The van der Waals surface area contributed by atoms with E-state index in [4.69, 9.17) is 0 Å². The first kappa shape index (κ1) is 19.6. The van der Waals surface area contributed by atoms with E-state index < -0.39 is 0 Å². The lowest BCUT2D eigenvalue weighted by molar-refractivity contribution is 0.511. The Morgan fingerprint density at radius 2 is 1.23 bits per heavy atom. The molecule has 152 valence electrons. The Bertz CT molecular complexity index is 1240. The van der Waals surface area contributed by atoms with Crippen molar-refractivity contribution in [1.29, 1.82) is 0 Å². The molecule has 0 aliphatic rings. The van der Waals surface area contributed by atoms with Crippen LogP contribution in [0.25, 0.3) is 11.0 Å². The van der Waals surface area contributed by atoms with Crippen molar-refractivity contribution >= 4 is 22.8 Å². The van der Waals surface area contributed by atoms with Crippen LogP contribution in [-0.2, 0) is 5.75 Å². The first-order valence-electron chi connectivity index (χ1n) is 10.5. The Hall–Kier alpha value is -3.37. The molecule has 0 saturated heterocycles. The number of hydrogen-bond acceptors (Lipinski definition) is 3. The molecule has 0 aliphatic heterocycles. The van der Waals surface area contributed by atoms with Gasteiger partial charge in [0, 0.05) is 5.75 Å². The van der Waals surface area contributed by atoms with Crippen LogP contribution in [0.2, 0.25) is 0 Å². The third-order valence-electron chi connectivity index (χ3n) is 5.47. The van der Waals surface area contributed by atoms with Crippen molar-refractivity contribution in [3.8, 4) is 0 Å². The van der Waals surface area contributed by atoms with E-state index in [9.17, 15) is 0 Å². The molecule has 0 saturated carbocycles. The zero-order chi connectivity index (χ0) is 20.9. The SMILES string of the molecule is c1ccc(CS[C@@H](c2ccccc2)[C@H](c2ccccc2)n2nnc3ccccc32)cc1. The molecule has 0 spiro atoms. The molecule has 4 heteroatoms.